The topological polar surface area (TPSA) is 76.2 Å². The Bertz CT molecular complexity index is 1110. The van der Waals surface area contributed by atoms with E-state index in [1.807, 2.05) is 79.4 Å². The van der Waals surface area contributed by atoms with Crippen molar-refractivity contribution >= 4 is 17.8 Å². The number of carbonyl (C=O) groups is 3. The van der Waals surface area contributed by atoms with Crippen LogP contribution < -0.4 is 5.32 Å². The van der Waals surface area contributed by atoms with Crippen LogP contribution in [0.4, 0.5) is 4.79 Å². The number of nitrogens with zero attached hydrogens (tertiary/aromatic N) is 4. The molecule has 2 heterocycles. The quantitative estimate of drug-likeness (QED) is 0.610. The highest BCUT2D eigenvalue weighted by atomic mass is 16.2. The Labute approximate surface area is 212 Å². The molecule has 2 saturated heterocycles. The van der Waals surface area contributed by atoms with Gasteiger partial charge in [0.2, 0.25) is 11.8 Å². The third-order valence-corrected chi connectivity index (χ3v) is 6.94. The molecule has 0 unspecified atom stereocenters. The fraction of sp³-hybridized carbons (Fsp3) is 0.393. The molecule has 0 bridgehead atoms. The molecule has 2 aliphatic rings. The third kappa shape index (κ3) is 4.93. The first-order valence-corrected chi connectivity index (χ1v) is 12.5. The number of hydrogen-bond acceptors (Lipinski definition) is 4. The van der Waals surface area contributed by atoms with E-state index in [9.17, 15) is 14.4 Å². The van der Waals surface area contributed by atoms with Crippen molar-refractivity contribution in [1.82, 2.24) is 25.1 Å². The van der Waals surface area contributed by atoms with Crippen LogP contribution in [0.2, 0.25) is 0 Å². The number of piperazine rings is 1. The van der Waals surface area contributed by atoms with Crippen molar-refractivity contribution in [3.8, 4) is 12.3 Å². The molecular formula is C28H33N5O3. The molecule has 8 heteroatoms. The van der Waals surface area contributed by atoms with Gasteiger partial charge in [0.15, 0.2) is 0 Å². The minimum absolute atomic E-state index is 0.00166. The van der Waals surface area contributed by atoms with Crippen molar-refractivity contribution in [3.63, 3.8) is 0 Å². The van der Waals surface area contributed by atoms with E-state index in [0.717, 1.165) is 24.0 Å². The van der Waals surface area contributed by atoms with Crippen molar-refractivity contribution < 1.29 is 14.4 Å². The summed E-state index contributed by atoms with van der Waals surface area (Å²) < 4.78 is 0. The molecular weight excluding hydrogens is 454 g/mol. The Kier molecular flexibility index (Phi) is 7.91. The van der Waals surface area contributed by atoms with Gasteiger partial charge in [-0.2, -0.15) is 5.01 Å². The van der Waals surface area contributed by atoms with Crippen LogP contribution in [0.3, 0.4) is 0 Å². The van der Waals surface area contributed by atoms with Crippen LogP contribution in [-0.2, 0) is 16.1 Å². The number of nitrogens with one attached hydrogen (secondary N) is 1. The molecule has 0 aromatic heterocycles. The van der Waals surface area contributed by atoms with Crippen LogP contribution in [0.15, 0.2) is 60.7 Å². The molecule has 2 fully saturated rings. The van der Waals surface area contributed by atoms with E-state index in [2.05, 4.69) is 11.2 Å². The van der Waals surface area contributed by atoms with E-state index in [4.69, 9.17) is 6.42 Å². The Morgan fingerprint density at radius 1 is 1.06 bits per heavy atom. The summed E-state index contributed by atoms with van der Waals surface area (Å²) in [7, 11) is 0. The fourth-order valence-corrected chi connectivity index (χ4v) is 5.16. The van der Waals surface area contributed by atoms with E-state index in [1.54, 1.807) is 14.9 Å². The number of urea groups is 1. The van der Waals surface area contributed by atoms with Crippen molar-refractivity contribution in [1.29, 1.82) is 0 Å². The Hall–Kier alpha value is -3.83. The zero-order chi connectivity index (χ0) is 25.7. The highest BCUT2D eigenvalue weighted by Crippen LogP contribution is 2.36. The van der Waals surface area contributed by atoms with Crippen LogP contribution >= 0.6 is 0 Å². The summed E-state index contributed by atoms with van der Waals surface area (Å²) in [5.74, 6) is 2.23. The van der Waals surface area contributed by atoms with Crippen molar-refractivity contribution in [3.05, 3.63) is 71.8 Å². The second kappa shape index (κ2) is 11.3. The van der Waals surface area contributed by atoms with Gasteiger partial charge in [-0.3, -0.25) is 9.59 Å². The Balaban J connectivity index is 1.73. The molecule has 0 radical (unpaired) electrons. The number of fused-ring (bicyclic) bond motifs is 1. The zero-order valence-electron chi connectivity index (χ0n) is 20.8. The molecule has 2 atom stereocenters. The van der Waals surface area contributed by atoms with Crippen molar-refractivity contribution in [2.24, 2.45) is 0 Å². The van der Waals surface area contributed by atoms with Crippen LogP contribution in [0.5, 0.6) is 0 Å². The average molecular weight is 488 g/mol. The molecule has 188 valence electrons. The lowest BCUT2D eigenvalue weighted by molar-refractivity contribution is -0.191. The first-order valence-electron chi connectivity index (χ1n) is 12.5. The smallest absolute Gasteiger partial charge is 0.334 e. The highest BCUT2D eigenvalue weighted by Gasteiger charge is 2.52. The van der Waals surface area contributed by atoms with Gasteiger partial charge in [-0.15, -0.1) is 6.42 Å². The molecule has 2 aromatic rings. The monoisotopic (exact) mass is 487 g/mol. The normalized spacial score (nSPS) is 20.3. The van der Waals surface area contributed by atoms with Crippen molar-refractivity contribution in [2.45, 2.75) is 51.5 Å². The number of hydrogen-bond donors (Lipinski definition) is 1. The molecule has 0 aliphatic carbocycles. The summed E-state index contributed by atoms with van der Waals surface area (Å²) in [4.78, 5) is 44.4. The van der Waals surface area contributed by atoms with E-state index in [-0.39, 0.29) is 43.5 Å². The van der Waals surface area contributed by atoms with Gasteiger partial charge < -0.3 is 15.1 Å². The molecule has 2 aliphatic heterocycles. The van der Waals surface area contributed by atoms with E-state index in [0.29, 0.717) is 6.54 Å². The number of hydrazine groups is 1. The van der Waals surface area contributed by atoms with E-state index in [1.165, 1.54) is 0 Å². The predicted octanol–water partition coefficient (Wildman–Crippen LogP) is 2.99. The van der Waals surface area contributed by atoms with Gasteiger partial charge in [0.25, 0.3) is 0 Å². The van der Waals surface area contributed by atoms with Gasteiger partial charge in [0.1, 0.15) is 12.2 Å². The molecule has 4 rings (SSSR count). The summed E-state index contributed by atoms with van der Waals surface area (Å²) in [6, 6.07) is 17.8. The van der Waals surface area contributed by atoms with Gasteiger partial charge >= 0.3 is 6.03 Å². The summed E-state index contributed by atoms with van der Waals surface area (Å²) >= 11 is 0. The number of terminal acetylenes is 1. The van der Waals surface area contributed by atoms with Gasteiger partial charge in [-0.25, -0.2) is 9.80 Å². The maximum Gasteiger partial charge on any atom is 0.334 e. The second-order valence-electron chi connectivity index (χ2n) is 9.07. The van der Waals surface area contributed by atoms with Crippen molar-refractivity contribution in [2.75, 3.05) is 19.6 Å². The van der Waals surface area contributed by atoms with Crippen LogP contribution in [0.1, 0.15) is 43.9 Å². The number of benzene rings is 2. The van der Waals surface area contributed by atoms with E-state index >= 15 is 0 Å². The lowest BCUT2D eigenvalue weighted by atomic mass is 9.96. The maximum atomic E-state index is 13.8. The molecule has 36 heavy (non-hydrogen) atoms. The second-order valence-corrected chi connectivity index (χ2v) is 9.07. The molecule has 0 spiro atoms. The number of rotatable bonds is 7. The Morgan fingerprint density at radius 3 is 2.31 bits per heavy atom. The predicted molar refractivity (Wildman–Crippen MR) is 137 cm³/mol. The van der Waals surface area contributed by atoms with Crippen LogP contribution in [0.25, 0.3) is 0 Å². The molecule has 4 amide bonds. The maximum absolute atomic E-state index is 13.8. The molecule has 8 nitrogen and oxygen atoms in total. The zero-order valence-corrected chi connectivity index (χ0v) is 20.8. The third-order valence-electron chi connectivity index (χ3n) is 6.94. The summed E-state index contributed by atoms with van der Waals surface area (Å²) in [5.41, 5.74) is 1.69. The van der Waals surface area contributed by atoms with Gasteiger partial charge in [0, 0.05) is 12.6 Å². The minimum atomic E-state index is -0.810. The number of carbonyl (C=O) groups excluding carboxylic acids is 3. The minimum Gasteiger partial charge on any atom is -0.334 e. The Morgan fingerprint density at radius 2 is 1.69 bits per heavy atom. The lowest BCUT2D eigenvalue weighted by Gasteiger charge is -2.55. The highest BCUT2D eigenvalue weighted by molar-refractivity contribution is 5.92. The lowest BCUT2D eigenvalue weighted by Crippen LogP contribution is -2.75. The van der Waals surface area contributed by atoms with Gasteiger partial charge in [-0.1, -0.05) is 80.4 Å². The average Bonchev–Trinajstić information content (AvgIpc) is 2.90. The summed E-state index contributed by atoms with van der Waals surface area (Å²) in [6.07, 6.45) is 6.49. The standard InChI is InChI=1S/C28H33N5O3/c1-4-17-30-20-25(34)32-24(33(30)28(36)29-18-21-13-9-7-10-14-21)19-31(23(5-2)6-3)27(35)26(32)22-15-11-8-12-16-22/h1,7-16,23-24,26H,5-6,17-20H2,2-3H3,(H,29,36)/t24-,26-/m0/s1. The molecule has 1 N–H and O–H groups in total. The van der Waals surface area contributed by atoms with Gasteiger partial charge in [-0.05, 0) is 24.0 Å². The number of amides is 4. The SMILES string of the molecule is C#CCN1CC(=O)N2[C@@H](c3ccccc3)C(=O)N(C(CC)CC)C[C@@H]2N1C(=O)NCc1ccccc1. The first kappa shape index (κ1) is 25.3. The largest absolute Gasteiger partial charge is 0.334 e. The van der Waals surface area contributed by atoms with Gasteiger partial charge in [0.05, 0.1) is 19.6 Å². The van der Waals surface area contributed by atoms with E-state index < -0.39 is 12.2 Å². The fourth-order valence-electron chi connectivity index (χ4n) is 5.16. The van der Waals surface area contributed by atoms with Crippen LogP contribution in [0, 0.1) is 12.3 Å². The molecule has 2 aromatic carbocycles. The summed E-state index contributed by atoms with van der Waals surface area (Å²) in [5, 5.41) is 6.13. The molecule has 0 saturated carbocycles. The summed E-state index contributed by atoms with van der Waals surface area (Å²) in [6.45, 7) is 4.67. The van der Waals surface area contributed by atoms with Crippen LogP contribution in [-0.4, -0.2) is 69.5 Å². The first-order chi connectivity index (χ1) is 17.5.